The van der Waals surface area contributed by atoms with Gasteiger partial charge in [-0.1, -0.05) is 60.5 Å². The van der Waals surface area contributed by atoms with Crippen LogP contribution in [0.25, 0.3) is 21.9 Å². The van der Waals surface area contributed by atoms with Crippen LogP contribution in [0.1, 0.15) is 34.2 Å². The van der Waals surface area contributed by atoms with Gasteiger partial charge >= 0.3 is 11.9 Å². The van der Waals surface area contributed by atoms with Crippen LogP contribution in [0.15, 0.2) is 71.5 Å². The summed E-state index contributed by atoms with van der Waals surface area (Å²) in [6.45, 7) is 1.65. The molecule has 4 aromatic rings. The third kappa shape index (κ3) is 5.27. The summed E-state index contributed by atoms with van der Waals surface area (Å²) in [5.74, 6) is -2.79. The molecule has 1 aromatic heterocycles. The zero-order valence-corrected chi connectivity index (χ0v) is 21.8. The Morgan fingerprint density at radius 1 is 1.00 bits per heavy atom. The van der Waals surface area contributed by atoms with Crippen LogP contribution in [0.3, 0.4) is 0 Å². The van der Waals surface area contributed by atoms with E-state index in [2.05, 4.69) is 5.32 Å². The second kappa shape index (κ2) is 11.1. The smallest absolute Gasteiger partial charge is 0.356 e. The van der Waals surface area contributed by atoms with Crippen molar-refractivity contribution in [3.8, 4) is 11.1 Å². The summed E-state index contributed by atoms with van der Waals surface area (Å²) >= 11 is 12.0. The zero-order valence-electron chi connectivity index (χ0n) is 20.3. The fourth-order valence-corrected chi connectivity index (χ4v) is 4.43. The molecule has 1 heterocycles. The molecule has 1 unspecified atom stereocenters. The lowest BCUT2D eigenvalue weighted by atomic mass is 9.96. The number of aromatic nitrogens is 1. The first-order valence-electron chi connectivity index (χ1n) is 11.5. The number of pyridine rings is 1. The lowest BCUT2D eigenvalue weighted by Gasteiger charge is -2.20. The van der Waals surface area contributed by atoms with Crippen LogP contribution in [-0.2, 0) is 16.6 Å². The molecular weight excluding hydrogens is 531 g/mol. The number of fused-ring (bicyclic) bond motifs is 1. The first-order chi connectivity index (χ1) is 18.1. The van der Waals surface area contributed by atoms with Crippen molar-refractivity contribution < 1.29 is 24.2 Å². The summed E-state index contributed by atoms with van der Waals surface area (Å²) in [7, 11) is 1.47. The van der Waals surface area contributed by atoms with Gasteiger partial charge in [0.1, 0.15) is 5.69 Å². The van der Waals surface area contributed by atoms with Crippen molar-refractivity contribution >= 4 is 57.5 Å². The summed E-state index contributed by atoms with van der Waals surface area (Å²) in [5.41, 5.74) is 0.656. The second-order valence-corrected chi connectivity index (χ2v) is 9.28. The number of carbonyl (C=O) groups is 3. The third-order valence-corrected chi connectivity index (χ3v) is 6.59. The van der Waals surface area contributed by atoms with Crippen LogP contribution in [-0.4, -0.2) is 33.6 Å². The van der Waals surface area contributed by atoms with Crippen molar-refractivity contribution in [3.05, 3.63) is 98.4 Å². The van der Waals surface area contributed by atoms with Crippen LogP contribution in [0, 0.1) is 0 Å². The Bertz CT molecular complexity index is 1630. The van der Waals surface area contributed by atoms with Crippen LogP contribution in [0.2, 0.25) is 10.0 Å². The maximum Gasteiger partial charge on any atom is 0.356 e. The number of hydrogen-bond donors (Lipinski definition) is 2. The molecule has 8 nitrogen and oxygen atoms in total. The Kier molecular flexibility index (Phi) is 7.85. The molecule has 0 saturated carbocycles. The number of carboxylic acid groups (broad SMARTS) is 1. The van der Waals surface area contributed by atoms with Crippen molar-refractivity contribution in [2.24, 2.45) is 7.05 Å². The van der Waals surface area contributed by atoms with Gasteiger partial charge in [0.25, 0.3) is 11.5 Å². The molecule has 4 rings (SSSR count). The van der Waals surface area contributed by atoms with Gasteiger partial charge in [-0.2, -0.15) is 0 Å². The molecular formula is C28H22Cl2N2O6. The number of esters is 1. The number of amides is 1. The normalized spacial score (nSPS) is 11.7. The average molecular weight is 553 g/mol. The Labute approximate surface area is 227 Å². The summed E-state index contributed by atoms with van der Waals surface area (Å²) in [5, 5.41) is 13.3. The summed E-state index contributed by atoms with van der Waals surface area (Å²) in [6.07, 6.45) is -1.11. The molecule has 0 bridgehead atoms. The number of hydrogen-bond acceptors (Lipinski definition) is 5. The van der Waals surface area contributed by atoms with Gasteiger partial charge in [-0.3, -0.25) is 9.59 Å². The Hall–Kier alpha value is -4.14. The van der Waals surface area contributed by atoms with Crippen molar-refractivity contribution in [2.45, 2.75) is 19.4 Å². The number of nitrogens with zero attached hydrogens (tertiary/aromatic N) is 1. The Balaban J connectivity index is 1.73. The molecule has 2 N–H and O–H groups in total. The molecule has 0 aliphatic carbocycles. The highest BCUT2D eigenvalue weighted by Crippen LogP contribution is 2.32. The minimum Gasteiger partial charge on any atom is -0.478 e. The van der Waals surface area contributed by atoms with Crippen LogP contribution in [0.4, 0.5) is 5.69 Å². The standard InChI is InChI=1S/C28H22Cl2N2O6/c1-3-22(25(33)31-17-12-13-21(30)20(14-17)27(35)36)38-28(37)24-23(15-8-10-16(29)11-9-15)18-6-4-5-7-19(18)26(34)32(24)2/h4-14,22H,3H2,1-2H3,(H,31,33)(H,35,36). The molecule has 38 heavy (non-hydrogen) atoms. The van der Waals surface area contributed by atoms with E-state index in [0.717, 1.165) is 0 Å². The zero-order chi connectivity index (χ0) is 27.6. The molecule has 1 atom stereocenters. The number of ether oxygens (including phenoxy) is 1. The number of carboxylic acids is 1. The van der Waals surface area contributed by atoms with Gasteiger partial charge < -0.3 is 19.7 Å². The lowest BCUT2D eigenvalue weighted by molar-refractivity contribution is -0.124. The molecule has 3 aromatic carbocycles. The maximum absolute atomic E-state index is 13.6. The van der Waals surface area contributed by atoms with Gasteiger partial charge in [0, 0.05) is 28.7 Å². The van der Waals surface area contributed by atoms with E-state index >= 15 is 0 Å². The molecule has 1 amide bonds. The Morgan fingerprint density at radius 3 is 2.29 bits per heavy atom. The van der Waals surface area contributed by atoms with Crippen LogP contribution < -0.4 is 10.9 Å². The molecule has 0 fully saturated rings. The predicted molar refractivity (Wildman–Crippen MR) is 146 cm³/mol. The topological polar surface area (TPSA) is 115 Å². The minimum absolute atomic E-state index is 0.0147. The van der Waals surface area contributed by atoms with E-state index in [9.17, 15) is 24.3 Å². The highest BCUT2D eigenvalue weighted by atomic mass is 35.5. The van der Waals surface area contributed by atoms with E-state index in [-0.39, 0.29) is 28.4 Å². The Morgan fingerprint density at radius 2 is 1.66 bits per heavy atom. The van der Waals surface area contributed by atoms with Gasteiger partial charge in [-0.15, -0.1) is 0 Å². The fraction of sp³-hybridized carbons (Fsp3) is 0.143. The molecule has 194 valence electrons. The van der Waals surface area contributed by atoms with E-state index in [1.165, 1.54) is 29.8 Å². The number of aromatic carboxylic acids is 1. The van der Waals surface area contributed by atoms with E-state index in [1.807, 2.05) is 0 Å². The molecule has 0 aliphatic heterocycles. The largest absolute Gasteiger partial charge is 0.478 e. The highest BCUT2D eigenvalue weighted by Gasteiger charge is 2.28. The molecule has 0 saturated heterocycles. The van der Waals surface area contributed by atoms with E-state index in [4.69, 9.17) is 27.9 Å². The van der Waals surface area contributed by atoms with Crippen molar-refractivity contribution in [2.75, 3.05) is 5.32 Å². The minimum atomic E-state index is -1.25. The quantitative estimate of drug-likeness (QED) is 0.280. The van der Waals surface area contributed by atoms with Gasteiger partial charge in [0.2, 0.25) is 0 Å². The van der Waals surface area contributed by atoms with Gasteiger partial charge in [-0.05, 0) is 53.8 Å². The molecule has 0 aliphatic rings. The number of rotatable bonds is 7. The van der Waals surface area contributed by atoms with E-state index in [1.54, 1.807) is 55.5 Å². The fourth-order valence-electron chi connectivity index (χ4n) is 4.11. The number of halogens is 2. The molecule has 0 radical (unpaired) electrons. The molecule has 0 spiro atoms. The number of carbonyl (C=O) groups excluding carboxylic acids is 2. The van der Waals surface area contributed by atoms with Crippen LogP contribution in [0.5, 0.6) is 0 Å². The lowest BCUT2D eigenvalue weighted by Crippen LogP contribution is -2.34. The average Bonchev–Trinajstić information content (AvgIpc) is 2.90. The number of nitrogens with one attached hydrogen (secondary N) is 1. The van der Waals surface area contributed by atoms with Gasteiger partial charge in [0.05, 0.1) is 10.6 Å². The summed E-state index contributed by atoms with van der Waals surface area (Å²) in [6, 6.07) is 17.7. The second-order valence-electron chi connectivity index (χ2n) is 8.43. The van der Waals surface area contributed by atoms with Crippen LogP contribution >= 0.6 is 23.2 Å². The summed E-state index contributed by atoms with van der Waals surface area (Å²) in [4.78, 5) is 51.0. The van der Waals surface area contributed by atoms with Gasteiger partial charge in [0.15, 0.2) is 6.10 Å². The van der Waals surface area contributed by atoms with Crippen molar-refractivity contribution in [1.82, 2.24) is 4.57 Å². The van der Waals surface area contributed by atoms with E-state index in [0.29, 0.717) is 26.9 Å². The third-order valence-electron chi connectivity index (χ3n) is 6.01. The predicted octanol–water partition coefficient (Wildman–Crippen LogP) is 5.78. The molecule has 10 heteroatoms. The van der Waals surface area contributed by atoms with E-state index < -0.39 is 29.5 Å². The monoisotopic (exact) mass is 552 g/mol. The number of anilines is 1. The van der Waals surface area contributed by atoms with Crippen molar-refractivity contribution in [3.63, 3.8) is 0 Å². The first-order valence-corrected chi connectivity index (χ1v) is 12.3. The van der Waals surface area contributed by atoms with Gasteiger partial charge in [-0.25, -0.2) is 9.59 Å². The maximum atomic E-state index is 13.6. The number of benzene rings is 3. The first kappa shape index (κ1) is 26.9. The van der Waals surface area contributed by atoms with Crippen molar-refractivity contribution in [1.29, 1.82) is 0 Å². The summed E-state index contributed by atoms with van der Waals surface area (Å²) < 4.78 is 6.82. The highest BCUT2D eigenvalue weighted by molar-refractivity contribution is 6.33. The SMILES string of the molecule is CCC(OC(=O)c1c(-c2ccc(Cl)cc2)c2ccccc2c(=O)n1C)C(=O)Nc1ccc(Cl)c(C(=O)O)c1.